The molecule has 3 nitrogen and oxygen atoms in total. The molecule has 0 amide bonds. The van der Waals surface area contributed by atoms with Crippen LogP contribution in [-0.4, -0.2) is 42.7 Å². The molecule has 1 saturated heterocycles. The molecular weight excluding hydrogens is 150 g/mol. The first-order chi connectivity index (χ1) is 5.63. The van der Waals surface area contributed by atoms with Crippen LogP contribution in [0.1, 0.15) is 20.8 Å². The van der Waals surface area contributed by atoms with Crippen molar-refractivity contribution in [2.75, 3.05) is 19.6 Å². The molecule has 0 radical (unpaired) electrons. The number of nitrogens with zero attached hydrogens (tertiary/aromatic N) is 1. The molecule has 3 heteroatoms. The second-order valence-corrected chi connectivity index (χ2v) is 4.01. The van der Waals surface area contributed by atoms with E-state index in [0.717, 1.165) is 19.1 Å². The average molecular weight is 171 g/mol. The lowest BCUT2D eigenvalue weighted by Gasteiger charge is -2.19. The SMILES string of the molecule is CC(CN)NC(C)CN1CC1C. The molecule has 0 spiro atoms. The van der Waals surface area contributed by atoms with Crippen LogP contribution in [0.4, 0.5) is 0 Å². The number of hydrogen-bond donors (Lipinski definition) is 2. The van der Waals surface area contributed by atoms with Gasteiger partial charge in [0.25, 0.3) is 0 Å². The summed E-state index contributed by atoms with van der Waals surface area (Å²) in [5, 5.41) is 3.45. The number of nitrogens with two attached hydrogens (primary N) is 1. The Morgan fingerprint density at radius 1 is 1.50 bits per heavy atom. The van der Waals surface area contributed by atoms with Gasteiger partial charge in [0.2, 0.25) is 0 Å². The highest BCUT2D eigenvalue weighted by Gasteiger charge is 2.29. The smallest absolute Gasteiger partial charge is 0.0196 e. The molecule has 12 heavy (non-hydrogen) atoms. The van der Waals surface area contributed by atoms with Crippen molar-refractivity contribution in [3.05, 3.63) is 0 Å². The molecule has 0 aromatic heterocycles. The Morgan fingerprint density at radius 2 is 2.08 bits per heavy atom. The van der Waals surface area contributed by atoms with E-state index in [1.165, 1.54) is 6.54 Å². The first kappa shape index (κ1) is 9.96. The lowest BCUT2D eigenvalue weighted by molar-refractivity contribution is 0.389. The van der Waals surface area contributed by atoms with Gasteiger partial charge in [-0.1, -0.05) is 0 Å². The summed E-state index contributed by atoms with van der Waals surface area (Å²) in [7, 11) is 0. The van der Waals surface area contributed by atoms with Crippen LogP contribution in [0.5, 0.6) is 0 Å². The van der Waals surface area contributed by atoms with Gasteiger partial charge in [-0.2, -0.15) is 0 Å². The molecule has 1 fully saturated rings. The predicted molar refractivity (Wildman–Crippen MR) is 52.1 cm³/mol. The highest BCUT2D eigenvalue weighted by Crippen LogP contribution is 2.15. The van der Waals surface area contributed by atoms with Crippen molar-refractivity contribution < 1.29 is 0 Å². The maximum absolute atomic E-state index is 5.52. The predicted octanol–water partition coefficient (Wildman–Crippen LogP) is 0.0158. The Hall–Kier alpha value is -0.120. The summed E-state index contributed by atoms with van der Waals surface area (Å²) in [6.07, 6.45) is 0. The van der Waals surface area contributed by atoms with E-state index in [0.29, 0.717) is 12.1 Å². The van der Waals surface area contributed by atoms with Crippen LogP contribution in [0.25, 0.3) is 0 Å². The van der Waals surface area contributed by atoms with Gasteiger partial charge < -0.3 is 11.1 Å². The number of nitrogens with one attached hydrogen (secondary N) is 1. The second kappa shape index (κ2) is 4.21. The third-order valence-electron chi connectivity index (χ3n) is 2.42. The molecule has 0 aromatic carbocycles. The topological polar surface area (TPSA) is 41.1 Å². The van der Waals surface area contributed by atoms with Crippen molar-refractivity contribution in [3.8, 4) is 0 Å². The molecule has 0 aromatic rings. The second-order valence-electron chi connectivity index (χ2n) is 4.01. The first-order valence-corrected chi connectivity index (χ1v) is 4.83. The van der Waals surface area contributed by atoms with Crippen molar-refractivity contribution in [2.24, 2.45) is 5.73 Å². The lowest BCUT2D eigenvalue weighted by Crippen LogP contribution is -2.42. The Balaban J connectivity index is 2.07. The van der Waals surface area contributed by atoms with Crippen molar-refractivity contribution in [2.45, 2.75) is 38.9 Å². The van der Waals surface area contributed by atoms with Crippen molar-refractivity contribution in [1.82, 2.24) is 10.2 Å². The van der Waals surface area contributed by atoms with Gasteiger partial charge in [-0.15, -0.1) is 0 Å². The minimum Gasteiger partial charge on any atom is -0.329 e. The number of hydrogen-bond acceptors (Lipinski definition) is 3. The lowest BCUT2D eigenvalue weighted by atomic mass is 10.2. The zero-order valence-corrected chi connectivity index (χ0v) is 8.38. The van der Waals surface area contributed by atoms with E-state index in [1.54, 1.807) is 0 Å². The zero-order valence-electron chi connectivity index (χ0n) is 8.38. The van der Waals surface area contributed by atoms with E-state index in [4.69, 9.17) is 5.73 Å². The van der Waals surface area contributed by atoms with E-state index in [-0.39, 0.29) is 0 Å². The zero-order chi connectivity index (χ0) is 9.14. The minimum atomic E-state index is 0.440. The molecule has 4 atom stereocenters. The van der Waals surface area contributed by atoms with Crippen molar-refractivity contribution in [1.29, 1.82) is 0 Å². The summed E-state index contributed by atoms with van der Waals surface area (Å²) in [5.41, 5.74) is 5.52. The fourth-order valence-electron chi connectivity index (χ4n) is 1.50. The van der Waals surface area contributed by atoms with Crippen LogP contribution in [0.3, 0.4) is 0 Å². The van der Waals surface area contributed by atoms with Gasteiger partial charge in [0, 0.05) is 37.8 Å². The van der Waals surface area contributed by atoms with Crippen LogP contribution >= 0.6 is 0 Å². The molecule has 72 valence electrons. The summed E-state index contributed by atoms with van der Waals surface area (Å²) in [4.78, 5) is 2.46. The standard InChI is InChI=1S/C9H21N3/c1-7(4-10)11-8(2)5-12-6-9(12)3/h7-9,11H,4-6,10H2,1-3H3. The number of rotatable bonds is 5. The molecule has 1 heterocycles. The third kappa shape index (κ3) is 3.09. The van der Waals surface area contributed by atoms with E-state index in [1.807, 2.05) is 0 Å². The highest BCUT2D eigenvalue weighted by molar-refractivity contribution is 4.87. The Bertz CT molecular complexity index is 132. The Labute approximate surface area is 75.3 Å². The molecule has 1 rings (SSSR count). The van der Waals surface area contributed by atoms with Gasteiger partial charge in [-0.25, -0.2) is 0 Å². The van der Waals surface area contributed by atoms with Crippen LogP contribution in [-0.2, 0) is 0 Å². The van der Waals surface area contributed by atoms with Gasteiger partial charge in [0.15, 0.2) is 0 Å². The Kier molecular flexibility index (Phi) is 3.50. The van der Waals surface area contributed by atoms with Crippen LogP contribution in [0, 0.1) is 0 Å². The summed E-state index contributed by atoms with van der Waals surface area (Å²) in [5.74, 6) is 0. The van der Waals surface area contributed by atoms with E-state index in [9.17, 15) is 0 Å². The van der Waals surface area contributed by atoms with Crippen LogP contribution < -0.4 is 11.1 Å². The van der Waals surface area contributed by atoms with E-state index >= 15 is 0 Å². The van der Waals surface area contributed by atoms with Crippen LogP contribution in [0.15, 0.2) is 0 Å². The summed E-state index contributed by atoms with van der Waals surface area (Å²) in [6.45, 7) is 9.76. The Morgan fingerprint density at radius 3 is 2.50 bits per heavy atom. The van der Waals surface area contributed by atoms with Gasteiger partial charge in [-0.3, -0.25) is 4.90 Å². The quantitative estimate of drug-likeness (QED) is 0.573. The van der Waals surface area contributed by atoms with Crippen molar-refractivity contribution in [3.63, 3.8) is 0 Å². The summed E-state index contributed by atoms with van der Waals surface area (Å²) < 4.78 is 0. The first-order valence-electron chi connectivity index (χ1n) is 4.83. The molecule has 1 aliphatic rings. The van der Waals surface area contributed by atoms with Crippen molar-refractivity contribution >= 4 is 0 Å². The molecule has 4 unspecified atom stereocenters. The molecule has 0 saturated carbocycles. The van der Waals surface area contributed by atoms with E-state index < -0.39 is 0 Å². The monoisotopic (exact) mass is 171 g/mol. The van der Waals surface area contributed by atoms with Crippen LogP contribution in [0.2, 0.25) is 0 Å². The van der Waals surface area contributed by atoms with E-state index in [2.05, 4.69) is 31.0 Å². The molecule has 1 aliphatic heterocycles. The van der Waals surface area contributed by atoms with Gasteiger partial charge in [0.1, 0.15) is 0 Å². The average Bonchev–Trinajstić information content (AvgIpc) is 2.66. The summed E-state index contributed by atoms with van der Waals surface area (Å²) in [6, 6.07) is 1.81. The van der Waals surface area contributed by atoms with Gasteiger partial charge in [0.05, 0.1) is 0 Å². The molecule has 0 bridgehead atoms. The fraction of sp³-hybridized carbons (Fsp3) is 1.00. The molecule has 3 N–H and O–H groups in total. The largest absolute Gasteiger partial charge is 0.329 e. The van der Waals surface area contributed by atoms with Gasteiger partial charge >= 0.3 is 0 Å². The normalized spacial score (nSPS) is 33.0. The summed E-state index contributed by atoms with van der Waals surface area (Å²) >= 11 is 0. The fourth-order valence-corrected chi connectivity index (χ4v) is 1.50. The molecule has 0 aliphatic carbocycles. The minimum absolute atomic E-state index is 0.440. The highest BCUT2D eigenvalue weighted by atomic mass is 15.3. The maximum atomic E-state index is 5.52. The third-order valence-corrected chi connectivity index (χ3v) is 2.42. The maximum Gasteiger partial charge on any atom is 0.0196 e. The van der Waals surface area contributed by atoms with Gasteiger partial charge in [-0.05, 0) is 20.8 Å². The molecular formula is C9H21N3.